The number of aromatic nitrogens is 1. The zero-order valence-corrected chi connectivity index (χ0v) is 23.8. The largest absolute Gasteiger partial charge is 0.493 e. The minimum atomic E-state index is -0.593. The van der Waals surface area contributed by atoms with Gasteiger partial charge in [-0.15, -0.1) is 0 Å². The Labute approximate surface area is 230 Å². The zero-order chi connectivity index (χ0) is 28.7. The highest BCUT2D eigenvalue weighted by Gasteiger charge is 2.21. The van der Waals surface area contributed by atoms with Crippen LogP contribution in [0.15, 0.2) is 36.5 Å². The summed E-state index contributed by atoms with van der Waals surface area (Å²) in [4.78, 5) is 31.2. The number of rotatable bonds is 13. The Morgan fingerprint density at radius 2 is 1.87 bits per heavy atom. The zero-order valence-electron chi connectivity index (χ0n) is 23.8. The van der Waals surface area contributed by atoms with Crippen LogP contribution in [0.2, 0.25) is 0 Å². The molecule has 3 aromatic rings. The number of nitrogens with two attached hydrogens (primary N) is 2. The number of nitrogens with zero attached hydrogens (tertiary/aromatic N) is 2. The van der Waals surface area contributed by atoms with Crippen LogP contribution in [0.1, 0.15) is 62.5 Å². The molecule has 9 nitrogen and oxygen atoms in total. The molecule has 0 unspecified atom stereocenters. The van der Waals surface area contributed by atoms with Gasteiger partial charge in [0.25, 0.3) is 5.91 Å². The molecule has 0 radical (unpaired) electrons. The average molecular weight is 536 g/mol. The smallest absolute Gasteiger partial charge is 0.252 e. The predicted molar refractivity (Wildman–Crippen MR) is 156 cm³/mol. The average Bonchev–Trinajstić information content (AvgIpc) is 2.91. The van der Waals surface area contributed by atoms with Gasteiger partial charge in [-0.3, -0.25) is 14.6 Å². The second-order valence-electron chi connectivity index (χ2n) is 10.0. The van der Waals surface area contributed by atoms with E-state index < -0.39 is 5.91 Å². The van der Waals surface area contributed by atoms with Gasteiger partial charge in [0.1, 0.15) is 0 Å². The van der Waals surface area contributed by atoms with Gasteiger partial charge in [-0.1, -0.05) is 32.9 Å². The molecular weight excluding hydrogens is 494 g/mol. The van der Waals surface area contributed by atoms with Crippen molar-refractivity contribution in [3.63, 3.8) is 0 Å². The van der Waals surface area contributed by atoms with Gasteiger partial charge >= 0.3 is 0 Å². The van der Waals surface area contributed by atoms with Crippen molar-refractivity contribution in [2.75, 3.05) is 25.6 Å². The standard InChI is InChI=1S/C30H41N5O4/c1-7-21-20(16-31)10-8-11-24(21)34-28-22-14-26(38-6)27(15-25(22)33-17-23(28)29(32)36)39-13-9-12-35(19(4)5)30(37)18(2)3/h8,10-11,14-15,17-19H,7,9,12-13,16,31H2,1-6H3,(H2,32,36)(H,33,34). The van der Waals surface area contributed by atoms with Gasteiger partial charge in [0.05, 0.1) is 30.5 Å². The molecule has 0 saturated heterocycles. The number of ether oxygens (including phenoxy) is 2. The monoisotopic (exact) mass is 535 g/mol. The molecule has 0 aliphatic carbocycles. The van der Waals surface area contributed by atoms with Crippen molar-refractivity contribution in [2.45, 2.75) is 60.0 Å². The summed E-state index contributed by atoms with van der Waals surface area (Å²) in [5, 5.41) is 4.10. The fourth-order valence-electron chi connectivity index (χ4n) is 4.66. The molecule has 2 amide bonds. The highest BCUT2D eigenvalue weighted by atomic mass is 16.5. The van der Waals surface area contributed by atoms with E-state index in [1.807, 2.05) is 50.8 Å². The Hall–Kier alpha value is -3.85. The molecular formula is C30H41N5O4. The van der Waals surface area contributed by atoms with Crippen LogP contribution in [-0.2, 0) is 17.8 Å². The van der Waals surface area contributed by atoms with E-state index in [1.165, 1.54) is 6.20 Å². The van der Waals surface area contributed by atoms with E-state index in [0.717, 1.165) is 23.2 Å². The highest BCUT2D eigenvalue weighted by Crippen LogP contribution is 2.38. The van der Waals surface area contributed by atoms with Crippen LogP contribution in [0.3, 0.4) is 0 Å². The Kier molecular flexibility index (Phi) is 10.1. The molecule has 2 aromatic carbocycles. The topological polar surface area (TPSA) is 133 Å². The number of anilines is 2. The molecule has 0 aliphatic rings. The first kappa shape index (κ1) is 29.7. The van der Waals surface area contributed by atoms with E-state index in [4.69, 9.17) is 20.9 Å². The number of nitrogens with one attached hydrogen (secondary N) is 1. The Balaban J connectivity index is 1.93. The van der Waals surface area contributed by atoms with E-state index in [0.29, 0.717) is 54.2 Å². The quantitative estimate of drug-likeness (QED) is 0.269. The van der Waals surface area contributed by atoms with Crippen molar-refractivity contribution >= 4 is 34.1 Å². The molecule has 0 bridgehead atoms. The van der Waals surface area contributed by atoms with Crippen molar-refractivity contribution in [2.24, 2.45) is 17.4 Å². The Morgan fingerprint density at radius 1 is 1.13 bits per heavy atom. The fourth-order valence-corrected chi connectivity index (χ4v) is 4.66. The number of benzene rings is 2. The van der Waals surface area contributed by atoms with Crippen LogP contribution in [0, 0.1) is 5.92 Å². The number of primary amides is 1. The summed E-state index contributed by atoms with van der Waals surface area (Å²) < 4.78 is 11.7. The molecule has 0 aliphatic heterocycles. The first-order chi connectivity index (χ1) is 18.6. The molecule has 210 valence electrons. The van der Waals surface area contributed by atoms with Gasteiger partial charge in [0, 0.05) is 48.4 Å². The molecule has 39 heavy (non-hydrogen) atoms. The summed E-state index contributed by atoms with van der Waals surface area (Å²) >= 11 is 0. The molecule has 9 heteroatoms. The van der Waals surface area contributed by atoms with E-state index in [9.17, 15) is 9.59 Å². The van der Waals surface area contributed by atoms with Gasteiger partial charge in [0.2, 0.25) is 5.91 Å². The third-order valence-corrected chi connectivity index (χ3v) is 6.73. The number of carbonyl (C=O) groups is 2. The number of hydrogen-bond donors (Lipinski definition) is 3. The second kappa shape index (κ2) is 13.3. The van der Waals surface area contributed by atoms with Crippen molar-refractivity contribution in [1.29, 1.82) is 0 Å². The SMILES string of the molecule is CCc1c(CN)cccc1Nc1c(C(N)=O)cnc2cc(OCCCN(C(=O)C(C)C)C(C)C)c(OC)cc12. The van der Waals surface area contributed by atoms with Crippen LogP contribution < -0.4 is 26.3 Å². The van der Waals surface area contributed by atoms with Crippen LogP contribution in [-0.4, -0.2) is 48.0 Å². The summed E-state index contributed by atoms with van der Waals surface area (Å²) in [6.07, 6.45) is 2.90. The van der Waals surface area contributed by atoms with Gasteiger partial charge in [-0.2, -0.15) is 0 Å². The summed E-state index contributed by atoms with van der Waals surface area (Å²) in [7, 11) is 1.56. The second-order valence-corrected chi connectivity index (χ2v) is 10.0. The highest BCUT2D eigenvalue weighted by molar-refractivity contribution is 6.08. The third kappa shape index (κ3) is 6.78. The van der Waals surface area contributed by atoms with Crippen LogP contribution in [0.25, 0.3) is 10.9 Å². The van der Waals surface area contributed by atoms with E-state index in [-0.39, 0.29) is 23.4 Å². The number of fused-ring (bicyclic) bond motifs is 1. The molecule has 1 heterocycles. The predicted octanol–water partition coefficient (Wildman–Crippen LogP) is 4.77. The third-order valence-electron chi connectivity index (χ3n) is 6.73. The van der Waals surface area contributed by atoms with Gasteiger partial charge < -0.3 is 31.2 Å². The molecule has 5 N–H and O–H groups in total. The summed E-state index contributed by atoms with van der Waals surface area (Å²) in [6.45, 7) is 11.3. The Morgan fingerprint density at radius 3 is 2.46 bits per heavy atom. The maximum atomic E-state index is 12.5. The molecule has 3 rings (SSSR count). The van der Waals surface area contributed by atoms with Gasteiger partial charge in [-0.25, -0.2) is 0 Å². The molecule has 0 saturated carbocycles. The number of carbonyl (C=O) groups excluding carboxylic acids is 2. The van der Waals surface area contributed by atoms with Crippen molar-refractivity contribution in [3.8, 4) is 11.5 Å². The Bertz CT molecular complexity index is 1320. The summed E-state index contributed by atoms with van der Waals surface area (Å²) in [5.41, 5.74) is 16.1. The van der Waals surface area contributed by atoms with Crippen LogP contribution >= 0.6 is 0 Å². The normalized spacial score (nSPS) is 11.2. The molecule has 1 aromatic heterocycles. The lowest BCUT2D eigenvalue weighted by molar-refractivity contribution is -0.136. The lowest BCUT2D eigenvalue weighted by atomic mass is 10.0. The number of methoxy groups -OCH3 is 1. The van der Waals surface area contributed by atoms with E-state index in [1.54, 1.807) is 19.2 Å². The summed E-state index contributed by atoms with van der Waals surface area (Å²) in [6, 6.07) is 9.58. The first-order valence-corrected chi connectivity index (χ1v) is 13.4. The number of amides is 2. The molecule has 0 spiro atoms. The first-order valence-electron chi connectivity index (χ1n) is 13.4. The maximum Gasteiger partial charge on any atom is 0.252 e. The maximum absolute atomic E-state index is 12.5. The van der Waals surface area contributed by atoms with Gasteiger partial charge in [-0.05, 0) is 49.9 Å². The molecule has 0 atom stereocenters. The van der Waals surface area contributed by atoms with Crippen molar-refractivity contribution in [3.05, 3.63) is 53.2 Å². The summed E-state index contributed by atoms with van der Waals surface area (Å²) in [5.74, 6) is 0.510. The fraction of sp³-hybridized carbons (Fsp3) is 0.433. The number of pyridine rings is 1. The lowest BCUT2D eigenvalue weighted by Gasteiger charge is -2.28. The molecule has 0 fully saturated rings. The van der Waals surface area contributed by atoms with Crippen molar-refractivity contribution in [1.82, 2.24) is 9.88 Å². The van der Waals surface area contributed by atoms with Gasteiger partial charge in [0.15, 0.2) is 11.5 Å². The van der Waals surface area contributed by atoms with E-state index >= 15 is 0 Å². The lowest BCUT2D eigenvalue weighted by Crippen LogP contribution is -2.40. The van der Waals surface area contributed by atoms with Crippen molar-refractivity contribution < 1.29 is 19.1 Å². The van der Waals surface area contributed by atoms with Crippen LogP contribution in [0.5, 0.6) is 11.5 Å². The number of hydrogen-bond acceptors (Lipinski definition) is 7. The van der Waals surface area contributed by atoms with Crippen LogP contribution in [0.4, 0.5) is 11.4 Å². The minimum Gasteiger partial charge on any atom is -0.493 e. The van der Waals surface area contributed by atoms with E-state index in [2.05, 4.69) is 17.2 Å². The minimum absolute atomic E-state index is 0.0562.